The maximum Gasteiger partial charge on any atom is 0.255 e. The van der Waals surface area contributed by atoms with Gasteiger partial charge < -0.3 is 16.2 Å². The minimum atomic E-state index is -0.906. The molecule has 0 atom stereocenters. The van der Waals surface area contributed by atoms with Crippen LogP contribution in [0.1, 0.15) is 10.4 Å². The van der Waals surface area contributed by atoms with Crippen LogP contribution in [0.5, 0.6) is 11.5 Å². The first kappa shape index (κ1) is 13.3. The van der Waals surface area contributed by atoms with Crippen molar-refractivity contribution in [1.82, 2.24) is 4.98 Å². The molecule has 21 heavy (non-hydrogen) atoms. The Morgan fingerprint density at radius 1 is 1.24 bits per heavy atom. The third kappa shape index (κ3) is 2.27. The molecule has 1 aromatic heterocycles. The molecular formula is C14H10FN3O2S. The lowest BCUT2D eigenvalue weighted by atomic mass is 10.1. The monoisotopic (exact) mass is 303 g/mol. The number of hydrogen-bond acceptors (Lipinski definition) is 5. The molecule has 1 amide bonds. The zero-order valence-corrected chi connectivity index (χ0v) is 11.5. The summed E-state index contributed by atoms with van der Waals surface area (Å²) in [4.78, 5) is 15.5. The van der Waals surface area contributed by atoms with Crippen LogP contribution in [0.3, 0.4) is 0 Å². The molecule has 0 aliphatic rings. The average Bonchev–Trinajstić information content (AvgIpc) is 2.91. The van der Waals surface area contributed by atoms with Crippen molar-refractivity contribution in [1.29, 1.82) is 0 Å². The molecule has 0 aliphatic heterocycles. The molecule has 4 N–H and O–H groups in total. The molecular weight excluding hydrogens is 293 g/mol. The van der Waals surface area contributed by atoms with Gasteiger partial charge in [-0.25, -0.2) is 9.37 Å². The number of benzene rings is 2. The van der Waals surface area contributed by atoms with Gasteiger partial charge in [-0.2, -0.15) is 0 Å². The van der Waals surface area contributed by atoms with Crippen LogP contribution >= 0.6 is 11.3 Å². The Morgan fingerprint density at radius 3 is 2.81 bits per heavy atom. The first-order valence-corrected chi connectivity index (χ1v) is 6.83. The van der Waals surface area contributed by atoms with Crippen molar-refractivity contribution < 1.29 is 13.9 Å². The van der Waals surface area contributed by atoms with Gasteiger partial charge in [0.15, 0.2) is 5.75 Å². The number of carbonyl (C=O) groups is 1. The Hall–Kier alpha value is -2.67. The van der Waals surface area contributed by atoms with Crippen molar-refractivity contribution in [2.75, 3.05) is 5.73 Å². The van der Waals surface area contributed by atoms with Crippen molar-refractivity contribution >= 4 is 33.1 Å². The highest BCUT2D eigenvalue weighted by Gasteiger charge is 2.17. The van der Waals surface area contributed by atoms with Crippen LogP contribution in [0.4, 0.5) is 10.1 Å². The van der Waals surface area contributed by atoms with Gasteiger partial charge in [-0.1, -0.05) is 6.07 Å². The highest BCUT2D eigenvalue weighted by Crippen LogP contribution is 2.35. The third-order valence-corrected chi connectivity index (χ3v) is 3.74. The normalized spacial score (nSPS) is 10.7. The van der Waals surface area contributed by atoms with E-state index in [-0.39, 0.29) is 11.3 Å². The van der Waals surface area contributed by atoms with E-state index in [1.54, 1.807) is 17.6 Å². The maximum atomic E-state index is 13.7. The highest BCUT2D eigenvalue weighted by molar-refractivity contribution is 7.16. The van der Waals surface area contributed by atoms with E-state index >= 15 is 0 Å². The number of halogens is 1. The summed E-state index contributed by atoms with van der Waals surface area (Å²) in [5.74, 6) is -1.34. The molecule has 106 valence electrons. The molecule has 0 aliphatic carbocycles. The number of nitrogen functional groups attached to an aromatic ring is 1. The van der Waals surface area contributed by atoms with E-state index in [1.807, 2.05) is 0 Å². The molecule has 1 heterocycles. The number of primary amides is 1. The standard InChI is InChI=1S/C14H10FN3O2S/c15-7-2-1-3-8(11(7)14(17)19)20-9-4-5-10-13(12(9)16)18-6-21-10/h1-6H,16H2,(H2,17,19). The largest absolute Gasteiger partial charge is 0.454 e. The Kier molecular flexibility index (Phi) is 3.19. The molecule has 3 rings (SSSR count). The molecule has 0 saturated heterocycles. The van der Waals surface area contributed by atoms with E-state index < -0.39 is 11.7 Å². The minimum absolute atomic E-state index is 0.0174. The third-order valence-electron chi connectivity index (χ3n) is 2.94. The number of hydrogen-bond donors (Lipinski definition) is 2. The van der Waals surface area contributed by atoms with Gasteiger partial charge in [-0.3, -0.25) is 4.79 Å². The Bertz CT molecular complexity index is 847. The summed E-state index contributed by atoms with van der Waals surface area (Å²) >= 11 is 1.45. The zero-order valence-electron chi connectivity index (χ0n) is 10.7. The minimum Gasteiger partial charge on any atom is -0.454 e. The summed E-state index contributed by atoms with van der Waals surface area (Å²) in [6, 6.07) is 7.45. The topological polar surface area (TPSA) is 91.2 Å². The first-order valence-electron chi connectivity index (χ1n) is 5.96. The van der Waals surface area contributed by atoms with Crippen LogP contribution in [0.15, 0.2) is 35.8 Å². The van der Waals surface area contributed by atoms with Gasteiger partial charge in [-0.15, -0.1) is 11.3 Å². The number of anilines is 1. The number of rotatable bonds is 3. The SMILES string of the molecule is NC(=O)c1c(F)cccc1Oc1ccc2scnc2c1N. The number of ether oxygens (including phenoxy) is 1. The van der Waals surface area contributed by atoms with Crippen LogP contribution in [-0.4, -0.2) is 10.9 Å². The Balaban J connectivity index is 2.09. The second-order valence-corrected chi connectivity index (χ2v) is 5.14. The molecule has 0 radical (unpaired) electrons. The van der Waals surface area contributed by atoms with Crippen LogP contribution in [0.25, 0.3) is 10.2 Å². The predicted molar refractivity (Wildman–Crippen MR) is 79.0 cm³/mol. The summed E-state index contributed by atoms with van der Waals surface area (Å²) in [5.41, 5.74) is 13.5. The zero-order chi connectivity index (χ0) is 15.0. The number of nitrogens with two attached hydrogens (primary N) is 2. The lowest BCUT2D eigenvalue weighted by molar-refractivity contribution is 0.0994. The van der Waals surface area contributed by atoms with E-state index in [1.165, 1.54) is 23.5 Å². The number of carbonyl (C=O) groups excluding carboxylic acids is 1. The van der Waals surface area contributed by atoms with Gasteiger partial charge in [0.25, 0.3) is 5.91 Å². The summed E-state index contributed by atoms with van der Waals surface area (Å²) in [6.45, 7) is 0. The number of amides is 1. The molecule has 0 spiro atoms. The molecule has 0 fully saturated rings. The van der Waals surface area contributed by atoms with E-state index in [2.05, 4.69) is 4.98 Å². The van der Waals surface area contributed by atoms with Crippen molar-refractivity contribution in [3.05, 3.63) is 47.2 Å². The molecule has 7 heteroatoms. The van der Waals surface area contributed by atoms with Crippen molar-refractivity contribution in [2.24, 2.45) is 5.73 Å². The van der Waals surface area contributed by atoms with Crippen LogP contribution in [-0.2, 0) is 0 Å². The van der Waals surface area contributed by atoms with Crippen molar-refractivity contribution in [3.63, 3.8) is 0 Å². The van der Waals surface area contributed by atoms with Gasteiger partial charge in [-0.05, 0) is 24.3 Å². The lowest BCUT2D eigenvalue weighted by Crippen LogP contribution is -2.14. The summed E-state index contributed by atoms with van der Waals surface area (Å²) in [5, 5.41) is 0. The van der Waals surface area contributed by atoms with Crippen LogP contribution < -0.4 is 16.2 Å². The fraction of sp³-hybridized carbons (Fsp3) is 0. The van der Waals surface area contributed by atoms with Gasteiger partial charge in [0.2, 0.25) is 0 Å². The molecule has 0 bridgehead atoms. The average molecular weight is 303 g/mol. The number of thiazole rings is 1. The van der Waals surface area contributed by atoms with Gasteiger partial charge in [0.05, 0.1) is 10.2 Å². The Labute approximate surface area is 123 Å². The first-order chi connectivity index (χ1) is 10.1. The van der Waals surface area contributed by atoms with Crippen LogP contribution in [0.2, 0.25) is 0 Å². The second-order valence-electron chi connectivity index (χ2n) is 4.26. The number of aromatic nitrogens is 1. The summed E-state index contributed by atoms with van der Waals surface area (Å²) < 4.78 is 20.2. The maximum absolute atomic E-state index is 13.7. The summed E-state index contributed by atoms with van der Waals surface area (Å²) in [6.07, 6.45) is 0. The molecule has 5 nitrogen and oxygen atoms in total. The predicted octanol–water partition coefficient (Wildman–Crippen LogP) is 2.91. The molecule has 2 aromatic carbocycles. The molecule has 0 saturated carbocycles. The fourth-order valence-electron chi connectivity index (χ4n) is 1.97. The van der Waals surface area contributed by atoms with E-state index in [4.69, 9.17) is 16.2 Å². The Morgan fingerprint density at radius 2 is 2.05 bits per heavy atom. The number of fused-ring (bicyclic) bond motifs is 1. The highest BCUT2D eigenvalue weighted by atomic mass is 32.1. The quantitative estimate of drug-likeness (QED) is 0.728. The summed E-state index contributed by atoms with van der Waals surface area (Å²) in [7, 11) is 0. The van der Waals surface area contributed by atoms with Crippen LogP contribution in [0, 0.1) is 5.82 Å². The van der Waals surface area contributed by atoms with E-state index in [0.717, 1.165) is 10.8 Å². The molecule has 0 unspecified atom stereocenters. The van der Waals surface area contributed by atoms with Crippen molar-refractivity contribution in [2.45, 2.75) is 0 Å². The van der Waals surface area contributed by atoms with Gasteiger partial charge in [0, 0.05) is 0 Å². The lowest BCUT2D eigenvalue weighted by Gasteiger charge is -2.11. The fourth-order valence-corrected chi connectivity index (χ4v) is 2.66. The van der Waals surface area contributed by atoms with Gasteiger partial charge >= 0.3 is 0 Å². The van der Waals surface area contributed by atoms with Crippen molar-refractivity contribution in [3.8, 4) is 11.5 Å². The van der Waals surface area contributed by atoms with E-state index in [0.29, 0.717) is 17.0 Å². The number of nitrogens with zero attached hydrogens (tertiary/aromatic N) is 1. The second kappa shape index (κ2) is 5.02. The molecule has 3 aromatic rings. The van der Waals surface area contributed by atoms with E-state index in [9.17, 15) is 9.18 Å². The smallest absolute Gasteiger partial charge is 0.255 e. The van der Waals surface area contributed by atoms with Gasteiger partial charge in [0.1, 0.15) is 28.3 Å².